The van der Waals surface area contributed by atoms with Gasteiger partial charge in [-0.3, -0.25) is 9.52 Å². The summed E-state index contributed by atoms with van der Waals surface area (Å²) < 4.78 is 15.0. The molecular formula is C20H29N3O3S. The molecule has 0 fully saturated rings. The van der Waals surface area contributed by atoms with Crippen LogP contribution in [0.4, 0.5) is 10.5 Å². The lowest BCUT2D eigenvalue weighted by Crippen LogP contribution is -2.40. The second-order valence-electron chi connectivity index (χ2n) is 8.35. The number of fused-ring (bicyclic) bond motifs is 2. The summed E-state index contributed by atoms with van der Waals surface area (Å²) >= 11 is 0. The van der Waals surface area contributed by atoms with Gasteiger partial charge >= 0.3 is 6.03 Å². The highest BCUT2D eigenvalue weighted by Gasteiger charge is 2.26. The zero-order valence-corrected chi connectivity index (χ0v) is 17.2. The molecule has 1 unspecified atom stereocenters. The molecule has 6 nitrogen and oxygen atoms in total. The van der Waals surface area contributed by atoms with Crippen LogP contribution in [0.25, 0.3) is 0 Å². The molecule has 2 aliphatic carbocycles. The number of hydrogen-bond donors (Lipinski definition) is 3. The van der Waals surface area contributed by atoms with Crippen LogP contribution >= 0.6 is 0 Å². The Bertz CT molecular complexity index is 757. The van der Waals surface area contributed by atoms with Crippen molar-refractivity contribution in [2.45, 2.75) is 59.3 Å². The number of urea groups is 1. The third-order valence-electron chi connectivity index (χ3n) is 5.26. The number of anilines is 1. The first-order chi connectivity index (χ1) is 12.7. The number of rotatable bonds is 6. The largest absolute Gasteiger partial charge is 0.356 e. The van der Waals surface area contributed by atoms with Gasteiger partial charge in [-0.15, -0.1) is 0 Å². The third-order valence-corrected chi connectivity index (χ3v) is 6.71. The Labute approximate surface area is 163 Å². The lowest BCUT2D eigenvalue weighted by molar-refractivity contribution is -0.119. The molecule has 0 spiro atoms. The summed E-state index contributed by atoms with van der Waals surface area (Å²) in [6, 6.07) is 1.90. The highest BCUT2D eigenvalue weighted by atomic mass is 32.2. The van der Waals surface area contributed by atoms with E-state index in [0.29, 0.717) is 6.54 Å². The molecule has 0 radical (unpaired) electrons. The zero-order valence-electron chi connectivity index (χ0n) is 16.4. The lowest BCUT2D eigenvalue weighted by atomic mass is 9.96. The average Bonchev–Trinajstić information content (AvgIpc) is 3.20. The normalized spacial score (nSPS) is 16.4. The summed E-state index contributed by atoms with van der Waals surface area (Å²) in [6.07, 6.45) is 6.37. The Morgan fingerprint density at radius 3 is 2.22 bits per heavy atom. The van der Waals surface area contributed by atoms with E-state index < -0.39 is 17.0 Å². The first-order valence-electron chi connectivity index (χ1n) is 9.62. The minimum absolute atomic E-state index is 0.119. The molecule has 2 aliphatic rings. The fourth-order valence-corrected chi connectivity index (χ4v) is 5.16. The van der Waals surface area contributed by atoms with E-state index in [2.05, 4.69) is 21.4 Å². The number of hydrogen-bond acceptors (Lipinski definition) is 3. The fraction of sp³-hybridized carbons (Fsp3) is 0.600. The number of carbonyl (C=O) groups is 2. The van der Waals surface area contributed by atoms with Gasteiger partial charge in [0.25, 0.3) is 0 Å². The number of nitrogens with one attached hydrogen (secondary N) is 3. The van der Waals surface area contributed by atoms with Gasteiger partial charge in [-0.1, -0.05) is 19.9 Å². The van der Waals surface area contributed by atoms with Gasteiger partial charge in [-0.25, -0.2) is 9.00 Å². The van der Waals surface area contributed by atoms with Crippen LogP contribution in [0.3, 0.4) is 0 Å². The maximum Gasteiger partial charge on any atom is 0.331 e. The van der Waals surface area contributed by atoms with Crippen LogP contribution in [0.15, 0.2) is 6.07 Å². The van der Waals surface area contributed by atoms with E-state index in [9.17, 15) is 13.8 Å². The van der Waals surface area contributed by atoms with Gasteiger partial charge in [0.05, 0.1) is 5.75 Å². The zero-order chi connectivity index (χ0) is 19.6. The topological polar surface area (TPSA) is 87.3 Å². The van der Waals surface area contributed by atoms with Gasteiger partial charge in [-0.05, 0) is 66.2 Å². The van der Waals surface area contributed by atoms with Crippen LogP contribution in [0.2, 0.25) is 0 Å². The van der Waals surface area contributed by atoms with Crippen molar-refractivity contribution < 1.29 is 13.8 Å². The van der Waals surface area contributed by atoms with Crippen LogP contribution in [0.1, 0.15) is 55.9 Å². The molecule has 0 saturated carbocycles. The number of aryl methyl sites for hydroxylation is 2. The van der Waals surface area contributed by atoms with E-state index in [0.717, 1.165) is 44.2 Å². The van der Waals surface area contributed by atoms with Gasteiger partial charge in [-0.2, -0.15) is 0 Å². The van der Waals surface area contributed by atoms with Crippen LogP contribution in [0, 0.1) is 5.41 Å². The molecular weight excluding hydrogens is 362 g/mol. The van der Waals surface area contributed by atoms with Crippen molar-refractivity contribution in [2.24, 2.45) is 5.41 Å². The molecule has 0 aromatic heterocycles. The molecule has 27 heavy (non-hydrogen) atoms. The monoisotopic (exact) mass is 391 g/mol. The molecule has 1 aromatic rings. The van der Waals surface area contributed by atoms with Crippen molar-refractivity contribution >= 4 is 28.6 Å². The van der Waals surface area contributed by atoms with Gasteiger partial charge in [0.2, 0.25) is 5.91 Å². The summed E-state index contributed by atoms with van der Waals surface area (Å²) in [4.78, 5) is 23.6. The van der Waals surface area contributed by atoms with E-state index in [-0.39, 0.29) is 17.1 Å². The maximum atomic E-state index is 12.5. The van der Waals surface area contributed by atoms with Gasteiger partial charge in [0.15, 0.2) is 0 Å². The van der Waals surface area contributed by atoms with Crippen molar-refractivity contribution in [1.29, 1.82) is 0 Å². The van der Waals surface area contributed by atoms with Gasteiger partial charge < -0.3 is 10.6 Å². The molecule has 0 aliphatic heterocycles. The Kier molecular flexibility index (Phi) is 5.89. The molecule has 3 N–H and O–H groups in total. The summed E-state index contributed by atoms with van der Waals surface area (Å²) in [7, 11) is -1.52. The van der Waals surface area contributed by atoms with Crippen molar-refractivity contribution in [3.8, 4) is 0 Å². The van der Waals surface area contributed by atoms with Gasteiger partial charge in [0.1, 0.15) is 11.0 Å². The molecule has 0 bridgehead atoms. The van der Waals surface area contributed by atoms with Crippen LogP contribution < -0.4 is 15.4 Å². The van der Waals surface area contributed by atoms with Crippen molar-refractivity contribution in [3.63, 3.8) is 0 Å². The smallest absolute Gasteiger partial charge is 0.331 e. The summed E-state index contributed by atoms with van der Waals surface area (Å²) in [6.45, 7) is 5.70. The molecule has 7 heteroatoms. The fourth-order valence-electron chi connectivity index (χ4n) is 4.02. The molecule has 1 atom stereocenters. The summed E-state index contributed by atoms with van der Waals surface area (Å²) in [5.41, 5.74) is 5.78. The number of benzene rings is 1. The number of amides is 3. The van der Waals surface area contributed by atoms with E-state index in [1.54, 1.807) is 0 Å². The number of carbonyl (C=O) groups excluding carboxylic acids is 2. The highest BCUT2D eigenvalue weighted by molar-refractivity contribution is 7.83. The van der Waals surface area contributed by atoms with Crippen molar-refractivity contribution in [2.75, 3.05) is 17.6 Å². The second kappa shape index (κ2) is 8.00. The predicted molar refractivity (Wildman–Crippen MR) is 108 cm³/mol. The minimum Gasteiger partial charge on any atom is -0.356 e. The third kappa shape index (κ3) is 4.89. The Morgan fingerprint density at radius 2 is 1.67 bits per heavy atom. The Morgan fingerprint density at radius 1 is 1.07 bits per heavy atom. The molecule has 0 saturated heterocycles. The van der Waals surface area contributed by atoms with Gasteiger partial charge in [0, 0.05) is 19.2 Å². The van der Waals surface area contributed by atoms with Crippen LogP contribution in [-0.4, -0.2) is 28.4 Å². The first-order valence-corrected chi connectivity index (χ1v) is 10.9. The van der Waals surface area contributed by atoms with E-state index in [1.807, 2.05) is 13.8 Å². The quantitative estimate of drug-likeness (QED) is 0.697. The van der Waals surface area contributed by atoms with Crippen molar-refractivity contribution in [3.05, 3.63) is 28.3 Å². The summed E-state index contributed by atoms with van der Waals surface area (Å²) in [5.74, 6) is 0.150. The molecule has 3 amide bonds. The van der Waals surface area contributed by atoms with E-state index in [4.69, 9.17) is 0 Å². The lowest BCUT2D eigenvalue weighted by Gasteiger charge is -2.24. The standard InChI is InChI=1S/C20H29N3O3S/c1-13(24)21-11-20(2,3)12-27(26)23-19(25)22-18-16-8-4-6-14(16)10-15-7-5-9-17(15)18/h10H,4-9,11-12H2,1-3H3,(H,21,24)(H2,22,23,25). The molecule has 1 aromatic carbocycles. The van der Waals surface area contributed by atoms with Crippen LogP contribution in [-0.2, 0) is 41.5 Å². The SMILES string of the molecule is CC(=O)NCC(C)(C)CS(=O)NC(=O)Nc1c2c(cc3c1CCC3)CCC2. The second-order valence-corrected chi connectivity index (χ2v) is 9.54. The van der Waals surface area contributed by atoms with Crippen LogP contribution in [0.5, 0.6) is 0 Å². The van der Waals surface area contributed by atoms with E-state index >= 15 is 0 Å². The maximum absolute atomic E-state index is 12.5. The first kappa shape index (κ1) is 19.9. The molecule has 0 heterocycles. The highest BCUT2D eigenvalue weighted by Crippen LogP contribution is 2.38. The Hall–Kier alpha value is -1.89. The van der Waals surface area contributed by atoms with E-state index in [1.165, 1.54) is 29.2 Å². The molecule has 148 valence electrons. The van der Waals surface area contributed by atoms with Crippen molar-refractivity contribution in [1.82, 2.24) is 10.0 Å². The molecule has 3 rings (SSSR count). The minimum atomic E-state index is -1.52. The summed E-state index contributed by atoms with van der Waals surface area (Å²) in [5, 5.41) is 5.74. The predicted octanol–water partition coefficient (Wildman–Crippen LogP) is 2.61. The average molecular weight is 392 g/mol. The Balaban J connectivity index is 1.63.